The second kappa shape index (κ2) is 5.90. The Bertz CT molecular complexity index is 113. The molecule has 6 heteroatoms. The number of rotatable bonds is 6. The third kappa shape index (κ3) is 3.84. The minimum absolute atomic E-state index is 0.257. The Morgan fingerprint density at radius 2 is 1.50 bits per heavy atom. The molecule has 0 saturated heterocycles. The summed E-state index contributed by atoms with van der Waals surface area (Å²) in [7, 11) is 5.82. The van der Waals surface area contributed by atoms with E-state index in [-0.39, 0.29) is 5.25 Å². The zero-order valence-corrected chi connectivity index (χ0v) is 9.89. The van der Waals surface area contributed by atoms with Gasteiger partial charge in [0.25, 0.3) is 0 Å². The van der Waals surface area contributed by atoms with Crippen LogP contribution in [0, 0.1) is 0 Å². The summed E-state index contributed by atoms with van der Waals surface area (Å²) >= 11 is -2.11. The van der Waals surface area contributed by atoms with E-state index in [9.17, 15) is 5.11 Å². The molecule has 5 nitrogen and oxygen atoms in total. The molecule has 0 atom stereocenters. The predicted molar refractivity (Wildman–Crippen MR) is 43.5 cm³/mol. The molecule has 0 amide bonds. The molecule has 12 heavy (non-hydrogen) atoms. The molecule has 0 fully saturated rings. The van der Waals surface area contributed by atoms with Gasteiger partial charge in [-0.05, 0) is 0 Å². The van der Waals surface area contributed by atoms with E-state index in [1.165, 1.54) is 14.2 Å². The van der Waals surface area contributed by atoms with Crippen molar-refractivity contribution in [2.45, 2.75) is 11.2 Å². The van der Waals surface area contributed by atoms with Gasteiger partial charge >= 0.3 is 76.8 Å². The van der Waals surface area contributed by atoms with Crippen LogP contribution in [0.2, 0.25) is 5.25 Å². The van der Waals surface area contributed by atoms with Gasteiger partial charge in [-0.2, -0.15) is 0 Å². The monoisotopic (exact) mass is 241 g/mol. The Balaban J connectivity index is 3.99. The first-order valence-corrected chi connectivity index (χ1v) is 6.58. The van der Waals surface area contributed by atoms with Crippen molar-refractivity contribution in [1.82, 2.24) is 0 Å². The third-order valence-corrected chi connectivity index (χ3v) is 4.91. The summed E-state index contributed by atoms with van der Waals surface area (Å²) in [6.45, 7) is 0. The molecule has 73 valence electrons. The van der Waals surface area contributed by atoms with Crippen LogP contribution in [0.1, 0.15) is 0 Å². The fourth-order valence-electron chi connectivity index (χ4n) is 0.638. The molecule has 1 N–H and O–H groups in total. The first-order chi connectivity index (χ1) is 5.61. The van der Waals surface area contributed by atoms with Crippen molar-refractivity contribution in [1.29, 1.82) is 0 Å². The van der Waals surface area contributed by atoms with Crippen molar-refractivity contribution in [3.63, 3.8) is 0 Å². The van der Waals surface area contributed by atoms with E-state index in [2.05, 4.69) is 0 Å². The van der Waals surface area contributed by atoms with Gasteiger partial charge in [-0.15, -0.1) is 0 Å². The van der Waals surface area contributed by atoms with Crippen LogP contribution < -0.4 is 0 Å². The topological polar surface area (TPSA) is 57.2 Å². The third-order valence-electron chi connectivity index (χ3n) is 1.46. The Morgan fingerprint density at radius 3 is 1.75 bits per heavy atom. The van der Waals surface area contributed by atoms with Crippen LogP contribution in [0.15, 0.2) is 0 Å². The van der Waals surface area contributed by atoms with Gasteiger partial charge in [0.1, 0.15) is 0 Å². The molecule has 0 rings (SSSR count). The zero-order chi connectivity index (χ0) is 9.61. The number of hydrogen-bond acceptors (Lipinski definition) is 5. The van der Waals surface area contributed by atoms with Crippen molar-refractivity contribution in [2.24, 2.45) is 0 Å². The molecule has 0 aromatic heterocycles. The van der Waals surface area contributed by atoms with E-state index in [1.54, 1.807) is 14.2 Å². The minimum atomic E-state index is -2.11. The first kappa shape index (κ1) is 12.3. The van der Waals surface area contributed by atoms with Crippen LogP contribution in [-0.4, -0.2) is 54.5 Å². The van der Waals surface area contributed by atoms with Gasteiger partial charge in [0.2, 0.25) is 0 Å². The van der Waals surface area contributed by atoms with Crippen molar-refractivity contribution >= 4 is 15.0 Å². The Labute approximate surface area is 77.4 Å². The fourth-order valence-corrected chi connectivity index (χ4v) is 2.96. The number of ether oxygens (including phenoxy) is 2. The van der Waals surface area contributed by atoms with E-state index in [0.29, 0.717) is 0 Å². The first-order valence-electron chi connectivity index (χ1n) is 3.38. The van der Waals surface area contributed by atoms with E-state index < -0.39 is 21.0 Å². The summed E-state index contributed by atoms with van der Waals surface area (Å²) in [4.78, 5) is 0. The fraction of sp³-hybridized carbons (Fsp3) is 1.00. The van der Waals surface area contributed by atoms with Crippen molar-refractivity contribution in [3.8, 4) is 0 Å². The SMILES string of the molecule is C[O][Ge]([CH2]C(O)(OC)OC)[O]C. The number of methoxy groups -OCH3 is 2. The van der Waals surface area contributed by atoms with Gasteiger partial charge in [0.15, 0.2) is 0 Å². The van der Waals surface area contributed by atoms with Gasteiger partial charge in [0, 0.05) is 0 Å². The van der Waals surface area contributed by atoms with Gasteiger partial charge in [-0.3, -0.25) is 0 Å². The molecule has 0 saturated carbocycles. The predicted octanol–water partition coefficient (Wildman–Crippen LogP) is -0.294. The normalized spacial score (nSPS) is 12.5. The second-order valence-corrected chi connectivity index (χ2v) is 6.09. The van der Waals surface area contributed by atoms with Gasteiger partial charge in [0.05, 0.1) is 0 Å². The molecule has 0 aliphatic rings. The molecule has 0 bridgehead atoms. The van der Waals surface area contributed by atoms with E-state index in [0.717, 1.165) is 0 Å². The van der Waals surface area contributed by atoms with Crippen molar-refractivity contribution in [3.05, 3.63) is 0 Å². The van der Waals surface area contributed by atoms with Crippen LogP contribution >= 0.6 is 0 Å². The van der Waals surface area contributed by atoms with Crippen LogP contribution in [0.25, 0.3) is 0 Å². The second-order valence-electron chi connectivity index (χ2n) is 2.08. The van der Waals surface area contributed by atoms with Crippen LogP contribution in [0.5, 0.6) is 0 Å². The molecule has 0 spiro atoms. The maximum absolute atomic E-state index is 9.50. The summed E-state index contributed by atoms with van der Waals surface area (Å²) in [6.07, 6.45) is 0. The van der Waals surface area contributed by atoms with Gasteiger partial charge < -0.3 is 0 Å². The van der Waals surface area contributed by atoms with Crippen LogP contribution in [-0.2, 0) is 17.0 Å². The summed E-state index contributed by atoms with van der Waals surface area (Å²) in [6, 6.07) is 0. The van der Waals surface area contributed by atoms with E-state index in [1.807, 2.05) is 0 Å². The summed E-state index contributed by atoms with van der Waals surface area (Å²) in [5, 5.41) is 9.76. The number of aliphatic hydroxyl groups is 1. The molecule has 0 unspecified atom stereocenters. The van der Waals surface area contributed by atoms with Gasteiger partial charge in [-0.1, -0.05) is 0 Å². The van der Waals surface area contributed by atoms with Crippen LogP contribution in [0.3, 0.4) is 0 Å². The standard InChI is InChI=1S/C6H15GeO5/c1-9-6(8,10-2)5-7(11-3)12-4/h8H,5H2,1-4H3. The van der Waals surface area contributed by atoms with Crippen molar-refractivity contribution in [2.75, 3.05) is 28.4 Å². The molecule has 1 radical (unpaired) electrons. The average molecular weight is 240 g/mol. The Kier molecular flexibility index (Phi) is 6.07. The Hall–Kier alpha value is 0.343. The van der Waals surface area contributed by atoms with E-state index >= 15 is 0 Å². The summed E-state index contributed by atoms with van der Waals surface area (Å²) in [5.41, 5.74) is 0. The number of hydrogen-bond donors (Lipinski definition) is 1. The van der Waals surface area contributed by atoms with E-state index in [4.69, 9.17) is 17.0 Å². The molecule has 0 aromatic rings. The molecule has 0 heterocycles. The molecule has 0 aromatic carbocycles. The molecular formula is C6H15GeO5. The molecule has 0 aliphatic heterocycles. The summed E-state index contributed by atoms with van der Waals surface area (Å²) < 4.78 is 19.5. The molecule has 0 aliphatic carbocycles. The average Bonchev–Trinajstić information content (AvgIpc) is 2.14. The maximum atomic E-state index is 9.50. The summed E-state index contributed by atoms with van der Waals surface area (Å²) in [5.74, 6) is -1.57. The van der Waals surface area contributed by atoms with Gasteiger partial charge in [-0.25, -0.2) is 0 Å². The van der Waals surface area contributed by atoms with Crippen molar-refractivity contribution < 1.29 is 22.1 Å². The quantitative estimate of drug-likeness (QED) is 0.510. The molecular weight excluding hydrogens is 225 g/mol. The zero-order valence-electron chi connectivity index (χ0n) is 7.79. The van der Waals surface area contributed by atoms with Crippen LogP contribution in [0.4, 0.5) is 0 Å². The Morgan fingerprint density at radius 1 is 1.08 bits per heavy atom.